The van der Waals surface area contributed by atoms with Crippen LogP contribution in [0.4, 0.5) is 4.39 Å². The molecule has 176 valence electrons. The molecule has 10 heteroatoms. The van der Waals surface area contributed by atoms with Crippen molar-refractivity contribution in [2.24, 2.45) is 0 Å². The maximum atomic E-state index is 13.3. The van der Waals surface area contributed by atoms with Gasteiger partial charge >= 0.3 is 0 Å². The molecule has 1 aromatic heterocycles. The van der Waals surface area contributed by atoms with Crippen LogP contribution < -0.4 is 0 Å². The summed E-state index contributed by atoms with van der Waals surface area (Å²) in [7, 11) is -3.55. The van der Waals surface area contributed by atoms with Gasteiger partial charge in [0.2, 0.25) is 15.9 Å². The Morgan fingerprint density at radius 2 is 1.88 bits per heavy atom. The number of hydrogen-bond acceptors (Lipinski definition) is 6. The molecular formula is C22H30FN3O4S2. The van der Waals surface area contributed by atoms with Gasteiger partial charge in [0, 0.05) is 37.6 Å². The monoisotopic (exact) mass is 483 g/mol. The Bertz CT molecular complexity index is 946. The molecule has 0 saturated carbocycles. The minimum Gasteiger partial charge on any atom is -0.379 e. The van der Waals surface area contributed by atoms with Crippen molar-refractivity contribution in [3.05, 3.63) is 58.0 Å². The quantitative estimate of drug-likeness (QED) is 0.491. The van der Waals surface area contributed by atoms with Crippen molar-refractivity contribution in [3.63, 3.8) is 0 Å². The van der Waals surface area contributed by atoms with E-state index in [1.54, 1.807) is 24.0 Å². The van der Waals surface area contributed by atoms with Crippen molar-refractivity contribution < 1.29 is 22.3 Å². The maximum Gasteiger partial charge on any atom is 0.238 e. The number of carbonyl (C=O) groups is 1. The molecule has 0 unspecified atom stereocenters. The van der Waals surface area contributed by atoms with Crippen molar-refractivity contribution >= 4 is 27.3 Å². The summed E-state index contributed by atoms with van der Waals surface area (Å²) in [6.45, 7) is 5.60. The number of hydrogen-bond donors (Lipinski definition) is 0. The van der Waals surface area contributed by atoms with Gasteiger partial charge in [-0.3, -0.25) is 9.69 Å². The number of ether oxygens (including phenoxy) is 1. The van der Waals surface area contributed by atoms with Gasteiger partial charge in [0.1, 0.15) is 5.82 Å². The van der Waals surface area contributed by atoms with Crippen molar-refractivity contribution in [2.75, 3.05) is 51.7 Å². The van der Waals surface area contributed by atoms with Gasteiger partial charge in [-0.25, -0.2) is 12.8 Å². The van der Waals surface area contributed by atoms with Crippen LogP contribution in [-0.4, -0.2) is 80.1 Å². The number of carbonyl (C=O) groups excluding carboxylic acids is 1. The standard InChI is InChI=1S/C22H30FN3O4S2/c1-2-32(28,29)26(10-9-24-11-13-30-14-12-24)18-22(27)25(17-21-4-3-15-31-21)16-19-5-7-20(23)8-6-19/h3-8,15H,2,9-14,16-18H2,1H3. The van der Waals surface area contributed by atoms with Crippen molar-refractivity contribution in [2.45, 2.75) is 20.0 Å². The van der Waals surface area contributed by atoms with E-state index in [1.165, 1.54) is 27.8 Å². The number of sulfonamides is 1. The lowest BCUT2D eigenvalue weighted by atomic mass is 10.2. The second kappa shape index (κ2) is 11.9. The van der Waals surface area contributed by atoms with E-state index < -0.39 is 10.0 Å². The molecule has 0 N–H and O–H groups in total. The third-order valence-electron chi connectivity index (χ3n) is 5.41. The van der Waals surface area contributed by atoms with Gasteiger partial charge in [-0.1, -0.05) is 18.2 Å². The summed E-state index contributed by atoms with van der Waals surface area (Å²) in [5, 5.41) is 1.94. The fourth-order valence-corrected chi connectivity index (χ4v) is 5.21. The Kier molecular flexibility index (Phi) is 9.18. The fourth-order valence-electron chi connectivity index (χ4n) is 3.46. The summed E-state index contributed by atoms with van der Waals surface area (Å²) in [5.41, 5.74) is 0.787. The lowest BCUT2D eigenvalue weighted by molar-refractivity contribution is -0.132. The SMILES string of the molecule is CCS(=O)(=O)N(CCN1CCOCC1)CC(=O)N(Cc1ccc(F)cc1)Cc1cccs1. The minimum absolute atomic E-state index is 0.0632. The van der Waals surface area contributed by atoms with Crippen LogP contribution in [0, 0.1) is 5.82 Å². The molecular weight excluding hydrogens is 453 g/mol. The van der Waals surface area contributed by atoms with Gasteiger partial charge < -0.3 is 9.64 Å². The van der Waals surface area contributed by atoms with Crippen LogP contribution in [0.2, 0.25) is 0 Å². The first-order chi connectivity index (χ1) is 15.4. The molecule has 0 atom stereocenters. The van der Waals surface area contributed by atoms with Crippen molar-refractivity contribution in [3.8, 4) is 0 Å². The van der Waals surface area contributed by atoms with E-state index in [0.717, 1.165) is 23.5 Å². The number of thiophene rings is 1. The second-order valence-electron chi connectivity index (χ2n) is 7.64. The second-order valence-corrected chi connectivity index (χ2v) is 10.9. The number of nitrogens with zero attached hydrogens (tertiary/aromatic N) is 3. The van der Waals surface area contributed by atoms with Crippen LogP contribution in [0.5, 0.6) is 0 Å². The van der Waals surface area contributed by atoms with Gasteiger partial charge in [-0.15, -0.1) is 11.3 Å². The highest BCUT2D eigenvalue weighted by Gasteiger charge is 2.27. The zero-order chi connectivity index (χ0) is 23.0. The highest BCUT2D eigenvalue weighted by molar-refractivity contribution is 7.89. The molecule has 0 radical (unpaired) electrons. The number of amides is 1. The molecule has 7 nitrogen and oxygen atoms in total. The predicted molar refractivity (Wildman–Crippen MR) is 123 cm³/mol. The fraction of sp³-hybridized carbons (Fsp3) is 0.500. The van der Waals surface area contributed by atoms with Gasteiger partial charge in [0.15, 0.2) is 0 Å². The van der Waals surface area contributed by atoms with Crippen LogP contribution in [0.15, 0.2) is 41.8 Å². The Labute approximate surface area is 193 Å². The number of rotatable bonds is 11. The molecule has 1 aromatic carbocycles. The van der Waals surface area contributed by atoms with Crippen molar-refractivity contribution in [1.82, 2.24) is 14.1 Å². The van der Waals surface area contributed by atoms with Crippen LogP contribution >= 0.6 is 11.3 Å². The van der Waals surface area contributed by atoms with E-state index in [1.807, 2.05) is 17.5 Å². The molecule has 2 aromatic rings. The first-order valence-electron chi connectivity index (χ1n) is 10.7. The molecule has 3 rings (SSSR count). The van der Waals surface area contributed by atoms with Crippen LogP contribution in [0.3, 0.4) is 0 Å². The average molecular weight is 484 g/mol. The molecule has 1 amide bonds. The van der Waals surface area contributed by atoms with E-state index in [9.17, 15) is 17.6 Å². The van der Waals surface area contributed by atoms with E-state index in [2.05, 4.69) is 4.90 Å². The van der Waals surface area contributed by atoms with E-state index in [0.29, 0.717) is 26.3 Å². The van der Waals surface area contributed by atoms with Gasteiger partial charge in [-0.2, -0.15) is 4.31 Å². The summed E-state index contributed by atoms with van der Waals surface area (Å²) in [5.74, 6) is -0.679. The molecule has 0 spiro atoms. The molecule has 0 aliphatic carbocycles. The Balaban J connectivity index is 1.72. The Morgan fingerprint density at radius 3 is 2.50 bits per heavy atom. The van der Waals surface area contributed by atoms with Gasteiger partial charge in [0.25, 0.3) is 0 Å². The lowest BCUT2D eigenvalue weighted by Crippen LogP contribution is -2.47. The number of benzene rings is 1. The zero-order valence-corrected chi connectivity index (χ0v) is 19.9. The maximum absolute atomic E-state index is 13.3. The molecule has 1 aliphatic rings. The summed E-state index contributed by atoms with van der Waals surface area (Å²) < 4.78 is 45.4. The molecule has 2 heterocycles. The first-order valence-corrected chi connectivity index (χ1v) is 13.2. The minimum atomic E-state index is -3.55. The zero-order valence-electron chi connectivity index (χ0n) is 18.3. The molecule has 32 heavy (non-hydrogen) atoms. The van der Waals surface area contributed by atoms with Gasteiger partial charge in [0.05, 0.1) is 32.1 Å². The smallest absolute Gasteiger partial charge is 0.238 e. The normalized spacial score (nSPS) is 15.2. The van der Waals surface area contributed by atoms with E-state index in [-0.39, 0.29) is 37.1 Å². The first kappa shape index (κ1) is 24.8. The average Bonchev–Trinajstić information content (AvgIpc) is 3.31. The molecule has 1 saturated heterocycles. The predicted octanol–water partition coefficient (Wildman–Crippen LogP) is 2.40. The molecule has 0 bridgehead atoms. The third-order valence-corrected chi connectivity index (χ3v) is 8.09. The van der Waals surface area contributed by atoms with Crippen molar-refractivity contribution in [1.29, 1.82) is 0 Å². The number of morpholine rings is 1. The van der Waals surface area contributed by atoms with Gasteiger partial charge in [-0.05, 0) is 36.1 Å². The highest BCUT2D eigenvalue weighted by atomic mass is 32.2. The van der Waals surface area contributed by atoms with Crippen LogP contribution in [-0.2, 0) is 32.6 Å². The Hall–Kier alpha value is -1.85. The summed E-state index contributed by atoms with van der Waals surface area (Å²) in [6, 6.07) is 9.86. The van der Waals surface area contributed by atoms with E-state index in [4.69, 9.17) is 4.74 Å². The highest BCUT2D eigenvalue weighted by Crippen LogP contribution is 2.16. The summed E-state index contributed by atoms with van der Waals surface area (Å²) in [4.78, 5) is 18.1. The van der Waals surface area contributed by atoms with E-state index >= 15 is 0 Å². The number of halogens is 1. The molecule has 1 aliphatic heterocycles. The third kappa shape index (κ3) is 7.35. The lowest BCUT2D eigenvalue weighted by Gasteiger charge is -2.30. The molecule has 1 fully saturated rings. The summed E-state index contributed by atoms with van der Waals surface area (Å²) >= 11 is 1.54. The van der Waals surface area contributed by atoms with Crippen LogP contribution in [0.25, 0.3) is 0 Å². The topological polar surface area (TPSA) is 70.2 Å². The van der Waals surface area contributed by atoms with Crippen LogP contribution in [0.1, 0.15) is 17.4 Å². The largest absolute Gasteiger partial charge is 0.379 e. The summed E-state index contributed by atoms with van der Waals surface area (Å²) in [6.07, 6.45) is 0. The Morgan fingerprint density at radius 1 is 1.16 bits per heavy atom.